The van der Waals surface area contributed by atoms with Crippen LogP contribution in [0.25, 0.3) is 0 Å². The molecule has 7 nitrogen and oxygen atoms in total. The molecule has 0 radical (unpaired) electrons. The molecule has 0 saturated carbocycles. The average molecular weight is 493 g/mol. The van der Waals surface area contributed by atoms with E-state index < -0.39 is 36.3 Å². The van der Waals surface area contributed by atoms with Gasteiger partial charge >= 0.3 is 19.2 Å². The predicted molar refractivity (Wildman–Crippen MR) is 119 cm³/mol. The molecule has 1 heterocycles. The maximum absolute atomic E-state index is 12.9. The lowest BCUT2D eigenvalue weighted by Gasteiger charge is -2.26. The highest BCUT2D eigenvalue weighted by Gasteiger charge is 2.21. The van der Waals surface area contributed by atoms with Gasteiger partial charge in [0.2, 0.25) is 0 Å². The van der Waals surface area contributed by atoms with Crippen molar-refractivity contribution in [1.82, 2.24) is 9.97 Å². The van der Waals surface area contributed by atoms with Crippen LogP contribution >= 0.6 is 0 Å². The quantitative estimate of drug-likeness (QED) is 0.268. The van der Waals surface area contributed by atoms with Crippen LogP contribution in [0.5, 0.6) is 11.5 Å². The number of hydrogen-bond donors (Lipinski definition) is 0. The zero-order valence-electron chi connectivity index (χ0n) is 19.1. The molecule has 0 bridgehead atoms. The van der Waals surface area contributed by atoms with Gasteiger partial charge in [0.25, 0.3) is 0 Å². The summed E-state index contributed by atoms with van der Waals surface area (Å²) in [6.45, 7) is -1.08. The van der Waals surface area contributed by atoms with Crippen molar-refractivity contribution in [2.24, 2.45) is 0 Å². The zero-order chi connectivity index (χ0) is 25.6. The van der Waals surface area contributed by atoms with Gasteiger partial charge < -0.3 is 19.1 Å². The van der Waals surface area contributed by atoms with Crippen LogP contribution in [0, 0.1) is 0 Å². The number of halogens is 4. The summed E-state index contributed by atoms with van der Waals surface area (Å²) in [4.78, 5) is 22.3. The third-order valence-electron chi connectivity index (χ3n) is 4.42. The van der Waals surface area contributed by atoms with Gasteiger partial charge in [0.1, 0.15) is 5.60 Å². The molecule has 35 heavy (non-hydrogen) atoms. The summed E-state index contributed by atoms with van der Waals surface area (Å²) in [6, 6.07) is 10.0. The Balaban J connectivity index is 2.00. The Kier molecular flexibility index (Phi) is 8.10. The summed E-state index contributed by atoms with van der Waals surface area (Å²) in [5, 5.41) is 0. The summed E-state index contributed by atoms with van der Waals surface area (Å²) < 4.78 is 65.4. The molecular weight excluding hydrogens is 470 g/mol. The normalized spacial score (nSPS) is 11.5. The number of benzene rings is 2. The molecule has 11 heteroatoms. The fraction of sp³-hybridized carbons (Fsp3) is 0.292. The Morgan fingerprint density at radius 2 is 1.54 bits per heavy atom. The van der Waals surface area contributed by atoms with E-state index >= 15 is 0 Å². The van der Waals surface area contributed by atoms with Crippen molar-refractivity contribution in [3.05, 3.63) is 72.3 Å². The minimum Gasteiger partial charge on any atom is -0.456 e. The zero-order valence-corrected chi connectivity index (χ0v) is 19.1. The van der Waals surface area contributed by atoms with Crippen LogP contribution in [0.15, 0.2) is 61.1 Å². The second-order valence-electron chi connectivity index (χ2n) is 8.22. The average Bonchev–Trinajstić information content (AvgIpc) is 2.78. The number of rotatable bonds is 9. The van der Waals surface area contributed by atoms with Gasteiger partial charge in [-0.2, -0.15) is 17.6 Å². The van der Waals surface area contributed by atoms with E-state index in [2.05, 4.69) is 19.4 Å². The maximum atomic E-state index is 12.9. The second kappa shape index (κ2) is 11.0. The standard InChI is InChI=1S/C24H23F4N3O4/c1-24(2,3)35-21(32)15-4-6-17(7-5-15)31(14-16-13-29-10-11-30-16)18-8-9-19(33-22(25)26)20(12-18)34-23(27)28/h4-13,22-23H,14H2,1-3H3. The molecular formula is C24H23F4N3O4. The summed E-state index contributed by atoms with van der Waals surface area (Å²) in [7, 11) is 0. The monoisotopic (exact) mass is 493 g/mol. The van der Waals surface area contributed by atoms with Crippen molar-refractivity contribution < 1.29 is 36.6 Å². The van der Waals surface area contributed by atoms with Gasteiger partial charge in [-0.25, -0.2) is 4.79 Å². The third kappa shape index (κ3) is 7.56. The molecule has 2 aromatic carbocycles. The van der Waals surface area contributed by atoms with E-state index in [1.807, 2.05) is 0 Å². The van der Waals surface area contributed by atoms with Crippen LogP contribution in [0.3, 0.4) is 0 Å². The van der Waals surface area contributed by atoms with E-state index in [4.69, 9.17) is 4.74 Å². The van der Waals surface area contributed by atoms with Gasteiger partial charge in [-0.1, -0.05) is 0 Å². The van der Waals surface area contributed by atoms with Gasteiger partial charge in [-0.15, -0.1) is 0 Å². The van der Waals surface area contributed by atoms with Crippen LogP contribution in [-0.2, 0) is 11.3 Å². The summed E-state index contributed by atoms with van der Waals surface area (Å²) in [5.74, 6) is -1.61. The maximum Gasteiger partial charge on any atom is 0.387 e. The first-order chi connectivity index (χ1) is 16.5. The Morgan fingerprint density at radius 3 is 2.11 bits per heavy atom. The molecule has 0 aliphatic carbocycles. The summed E-state index contributed by atoms with van der Waals surface area (Å²) in [5.41, 5.74) is 1.04. The molecule has 0 atom stereocenters. The molecule has 0 spiro atoms. The van der Waals surface area contributed by atoms with Crippen LogP contribution in [-0.4, -0.2) is 34.8 Å². The molecule has 3 aromatic rings. The van der Waals surface area contributed by atoms with Gasteiger partial charge in [0.05, 0.1) is 24.0 Å². The number of hydrogen-bond acceptors (Lipinski definition) is 7. The second-order valence-corrected chi connectivity index (χ2v) is 8.22. The van der Waals surface area contributed by atoms with Crippen molar-refractivity contribution in [3.8, 4) is 11.5 Å². The number of anilines is 2. The van der Waals surface area contributed by atoms with Gasteiger partial charge in [0, 0.05) is 29.8 Å². The molecule has 0 amide bonds. The van der Waals surface area contributed by atoms with E-state index in [9.17, 15) is 22.4 Å². The lowest BCUT2D eigenvalue weighted by Crippen LogP contribution is -2.24. The highest BCUT2D eigenvalue weighted by molar-refractivity contribution is 5.90. The lowest BCUT2D eigenvalue weighted by molar-refractivity contribution is -0.0692. The van der Waals surface area contributed by atoms with Crippen molar-refractivity contribution in [2.75, 3.05) is 4.90 Å². The first-order valence-corrected chi connectivity index (χ1v) is 10.4. The number of esters is 1. The predicted octanol–water partition coefficient (Wildman–Crippen LogP) is 5.97. The first-order valence-electron chi connectivity index (χ1n) is 10.4. The Labute approximate surface area is 199 Å². The number of carbonyl (C=O) groups is 1. The van der Waals surface area contributed by atoms with Crippen LogP contribution in [0.4, 0.5) is 28.9 Å². The highest BCUT2D eigenvalue weighted by Crippen LogP contribution is 2.37. The minimum atomic E-state index is -3.26. The van der Waals surface area contributed by atoms with Crippen molar-refractivity contribution >= 4 is 17.3 Å². The Bertz CT molecular complexity index is 1120. The van der Waals surface area contributed by atoms with Crippen molar-refractivity contribution in [3.63, 3.8) is 0 Å². The summed E-state index contributed by atoms with van der Waals surface area (Å²) in [6.07, 6.45) is 4.51. The topological polar surface area (TPSA) is 73.8 Å². The van der Waals surface area contributed by atoms with Gasteiger partial charge in [0.15, 0.2) is 11.5 Å². The van der Waals surface area contributed by atoms with E-state index in [0.29, 0.717) is 22.6 Å². The number of aromatic nitrogens is 2. The molecule has 186 valence electrons. The van der Waals surface area contributed by atoms with Crippen LogP contribution in [0.2, 0.25) is 0 Å². The van der Waals surface area contributed by atoms with Crippen LogP contribution in [0.1, 0.15) is 36.8 Å². The number of carbonyl (C=O) groups excluding carboxylic acids is 1. The van der Waals surface area contributed by atoms with E-state index in [-0.39, 0.29) is 6.54 Å². The molecule has 1 aromatic heterocycles. The Hall–Kier alpha value is -3.89. The van der Waals surface area contributed by atoms with Crippen molar-refractivity contribution in [2.45, 2.75) is 46.1 Å². The number of nitrogens with zero attached hydrogens (tertiary/aromatic N) is 3. The molecule has 0 aliphatic heterocycles. The SMILES string of the molecule is CC(C)(C)OC(=O)c1ccc(N(Cc2cnccn2)c2ccc(OC(F)F)c(OC(F)F)c2)cc1. The van der Waals surface area contributed by atoms with E-state index in [1.54, 1.807) is 49.9 Å². The smallest absolute Gasteiger partial charge is 0.387 e. The van der Waals surface area contributed by atoms with E-state index in [1.165, 1.54) is 24.7 Å². The molecule has 0 saturated heterocycles. The first kappa shape index (κ1) is 25.7. The fourth-order valence-corrected chi connectivity index (χ4v) is 3.07. The minimum absolute atomic E-state index is 0.142. The van der Waals surface area contributed by atoms with Gasteiger partial charge in [-0.3, -0.25) is 9.97 Å². The molecule has 0 fully saturated rings. The van der Waals surface area contributed by atoms with Crippen molar-refractivity contribution in [1.29, 1.82) is 0 Å². The molecule has 0 unspecified atom stereocenters. The molecule has 0 N–H and O–H groups in total. The molecule has 3 rings (SSSR count). The number of alkyl halides is 4. The fourth-order valence-electron chi connectivity index (χ4n) is 3.07. The lowest BCUT2D eigenvalue weighted by atomic mass is 10.1. The van der Waals surface area contributed by atoms with Gasteiger partial charge in [-0.05, 0) is 57.2 Å². The highest BCUT2D eigenvalue weighted by atomic mass is 19.3. The third-order valence-corrected chi connectivity index (χ3v) is 4.42. The van der Waals surface area contributed by atoms with E-state index in [0.717, 1.165) is 12.1 Å². The number of ether oxygens (including phenoxy) is 3. The largest absolute Gasteiger partial charge is 0.456 e. The van der Waals surface area contributed by atoms with Crippen LogP contribution < -0.4 is 14.4 Å². The Morgan fingerprint density at radius 1 is 0.914 bits per heavy atom. The molecule has 0 aliphatic rings. The summed E-state index contributed by atoms with van der Waals surface area (Å²) >= 11 is 0.